The zero-order valence-corrected chi connectivity index (χ0v) is 16.3. The molecular formula is C22H21F3N2O3. The fourth-order valence-electron chi connectivity index (χ4n) is 2.87. The second-order valence-corrected chi connectivity index (χ2v) is 6.71. The van der Waals surface area contributed by atoms with Gasteiger partial charge in [0.05, 0.1) is 35.9 Å². The van der Waals surface area contributed by atoms with E-state index < -0.39 is 23.9 Å². The minimum atomic E-state index is -4.45. The SMILES string of the molecule is COc1ccc(-c2cc(C(O)/C=C\C(C)O)n(-c3ccc(C(F)(F)F)cc3)n2)cc1. The Labute approximate surface area is 171 Å². The zero-order chi connectivity index (χ0) is 21.9. The molecule has 0 bridgehead atoms. The molecule has 30 heavy (non-hydrogen) atoms. The van der Waals surface area contributed by atoms with Crippen LogP contribution in [0.4, 0.5) is 13.2 Å². The summed E-state index contributed by atoms with van der Waals surface area (Å²) in [5, 5.41) is 24.5. The van der Waals surface area contributed by atoms with Crippen LogP contribution in [-0.4, -0.2) is 33.2 Å². The van der Waals surface area contributed by atoms with Gasteiger partial charge in [0.2, 0.25) is 0 Å². The lowest BCUT2D eigenvalue weighted by atomic mass is 10.1. The average molecular weight is 418 g/mol. The van der Waals surface area contributed by atoms with E-state index in [0.29, 0.717) is 22.8 Å². The molecule has 2 unspecified atom stereocenters. The number of hydrogen-bond donors (Lipinski definition) is 2. The topological polar surface area (TPSA) is 67.5 Å². The number of aliphatic hydroxyl groups is 2. The largest absolute Gasteiger partial charge is 0.497 e. The number of nitrogens with zero attached hydrogens (tertiary/aromatic N) is 2. The molecule has 158 valence electrons. The molecule has 0 fully saturated rings. The van der Waals surface area contributed by atoms with Gasteiger partial charge < -0.3 is 14.9 Å². The molecule has 3 rings (SSSR count). The lowest BCUT2D eigenvalue weighted by Gasteiger charge is -2.12. The Morgan fingerprint density at radius 2 is 1.63 bits per heavy atom. The fourth-order valence-corrected chi connectivity index (χ4v) is 2.87. The van der Waals surface area contributed by atoms with Crippen LogP contribution in [0.5, 0.6) is 5.75 Å². The molecule has 0 saturated carbocycles. The Hall–Kier alpha value is -3.10. The van der Waals surface area contributed by atoms with Gasteiger partial charge in [-0.25, -0.2) is 4.68 Å². The highest BCUT2D eigenvalue weighted by atomic mass is 19.4. The molecule has 1 aromatic heterocycles. The van der Waals surface area contributed by atoms with E-state index >= 15 is 0 Å². The lowest BCUT2D eigenvalue weighted by molar-refractivity contribution is -0.137. The molecule has 5 nitrogen and oxygen atoms in total. The normalized spacial score (nSPS) is 14.1. The van der Waals surface area contributed by atoms with Gasteiger partial charge in [0.15, 0.2) is 0 Å². The molecular weight excluding hydrogens is 397 g/mol. The van der Waals surface area contributed by atoms with Crippen molar-refractivity contribution in [3.63, 3.8) is 0 Å². The molecule has 1 heterocycles. The van der Waals surface area contributed by atoms with E-state index in [1.54, 1.807) is 44.4 Å². The Kier molecular flexibility index (Phi) is 6.28. The summed E-state index contributed by atoms with van der Waals surface area (Å²) in [6.07, 6.45) is -3.51. The van der Waals surface area contributed by atoms with Crippen LogP contribution in [0.25, 0.3) is 16.9 Å². The molecule has 3 aromatic rings. The molecule has 0 saturated heterocycles. The number of benzene rings is 2. The highest BCUT2D eigenvalue weighted by Gasteiger charge is 2.30. The number of halogens is 3. The summed E-state index contributed by atoms with van der Waals surface area (Å²) in [6.45, 7) is 1.54. The maximum absolute atomic E-state index is 12.9. The first-order valence-corrected chi connectivity index (χ1v) is 9.15. The molecule has 8 heteroatoms. The van der Waals surface area contributed by atoms with Crippen molar-refractivity contribution in [2.24, 2.45) is 0 Å². The Morgan fingerprint density at radius 1 is 1.00 bits per heavy atom. The third kappa shape index (κ3) is 4.90. The maximum Gasteiger partial charge on any atom is 0.416 e. The van der Waals surface area contributed by atoms with Crippen molar-refractivity contribution in [2.75, 3.05) is 7.11 Å². The van der Waals surface area contributed by atoms with Crippen LogP contribution < -0.4 is 4.74 Å². The van der Waals surface area contributed by atoms with Gasteiger partial charge in [-0.1, -0.05) is 12.2 Å². The van der Waals surface area contributed by atoms with Gasteiger partial charge >= 0.3 is 6.18 Å². The van der Waals surface area contributed by atoms with E-state index in [1.807, 2.05) is 0 Å². The van der Waals surface area contributed by atoms with Crippen LogP contribution in [0.3, 0.4) is 0 Å². The standard InChI is InChI=1S/C22H21F3N2O3/c1-14(28)3-12-21(29)20-13-19(15-4-10-18(30-2)11-5-15)26-27(20)17-8-6-16(7-9-17)22(23,24)25/h3-14,21,28-29H,1-2H3/b12-3-. The van der Waals surface area contributed by atoms with Gasteiger partial charge in [0.1, 0.15) is 11.9 Å². The second-order valence-electron chi connectivity index (χ2n) is 6.71. The Morgan fingerprint density at radius 3 is 2.17 bits per heavy atom. The van der Waals surface area contributed by atoms with E-state index in [4.69, 9.17) is 4.74 Å². The van der Waals surface area contributed by atoms with Crippen molar-refractivity contribution in [1.82, 2.24) is 9.78 Å². The summed E-state index contributed by atoms with van der Waals surface area (Å²) >= 11 is 0. The summed E-state index contributed by atoms with van der Waals surface area (Å²) in [6, 6.07) is 13.3. The predicted octanol–water partition coefficient (Wildman–Crippen LogP) is 4.54. The monoisotopic (exact) mass is 418 g/mol. The van der Waals surface area contributed by atoms with Crippen molar-refractivity contribution in [2.45, 2.75) is 25.3 Å². The number of aliphatic hydroxyl groups excluding tert-OH is 2. The van der Waals surface area contributed by atoms with Crippen molar-refractivity contribution in [3.8, 4) is 22.7 Å². The van der Waals surface area contributed by atoms with Crippen molar-refractivity contribution in [1.29, 1.82) is 0 Å². The van der Waals surface area contributed by atoms with Gasteiger partial charge in [-0.05, 0) is 61.5 Å². The summed E-state index contributed by atoms with van der Waals surface area (Å²) in [4.78, 5) is 0. The first-order valence-electron chi connectivity index (χ1n) is 9.15. The quantitative estimate of drug-likeness (QED) is 0.577. The molecule has 0 aliphatic carbocycles. The molecule has 0 amide bonds. The van der Waals surface area contributed by atoms with Gasteiger partial charge in [0.25, 0.3) is 0 Å². The highest BCUT2D eigenvalue weighted by Crippen LogP contribution is 2.31. The van der Waals surface area contributed by atoms with Crippen LogP contribution in [0.15, 0.2) is 66.7 Å². The van der Waals surface area contributed by atoms with E-state index in [0.717, 1.165) is 17.7 Å². The highest BCUT2D eigenvalue weighted by molar-refractivity contribution is 5.61. The smallest absolute Gasteiger partial charge is 0.416 e. The van der Waals surface area contributed by atoms with Gasteiger partial charge in [-0.2, -0.15) is 18.3 Å². The van der Waals surface area contributed by atoms with Gasteiger partial charge in [-0.3, -0.25) is 0 Å². The molecule has 2 aromatic carbocycles. The number of alkyl halides is 3. The van der Waals surface area contributed by atoms with Crippen molar-refractivity contribution in [3.05, 3.63) is 78.0 Å². The predicted molar refractivity (Wildman–Crippen MR) is 106 cm³/mol. The van der Waals surface area contributed by atoms with Crippen LogP contribution in [0, 0.1) is 0 Å². The molecule has 2 N–H and O–H groups in total. The van der Waals surface area contributed by atoms with E-state index in [1.165, 1.54) is 29.0 Å². The summed E-state index contributed by atoms with van der Waals surface area (Å²) < 4.78 is 45.2. The van der Waals surface area contributed by atoms with Gasteiger partial charge in [-0.15, -0.1) is 0 Å². The zero-order valence-electron chi connectivity index (χ0n) is 16.3. The van der Waals surface area contributed by atoms with E-state index in [-0.39, 0.29) is 0 Å². The fraction of sp³-hybridized carbons (Fsp3) is 0.227. The van der Waals surface area contributed by atoms with Crippen LogP contribution >= 0.6 is 0 Å². The minimum Gasteiger partial charge on any atom is -0.497 e. The van der Waals surface area contributed by atoms with Crippen LogP contribution in [0.1, 0.15) is 24.3 Å². The number of ether oxygens (including phenoxy) is 1. The number of aromatic nitrogens is 2. The lowest BCUT2D eigenvalue weighted by Crippen LogP contribution is -2.08. The average Bonchev–Trinajstić information content (AvgIpc) is 3.17. The minimum absolute atomic E-state index is 0.345. The Balaban J connectivity index is 2.05. The van der Waals surface area contributed by atoms with Crippen molar-refractivity contribution < 1.29 is 28.1 Å². The van der Waals surface area contributed by atoms with Gasteiger partial charge in [0, 0.05) is 5.56 Å². The molecule has 2 atom stereocenters. The number of methoxy groups -OCH3 is 1. The third-order valence-corrected chi connectivity index (χ3v) is 4.44. The third-order valence-electron chi connectivity index (χ3n) is 4.44. The van der Waals surface area contributed by atoms with E-state index in [9.17, 15) is 23.4 Å². The summed E-state index contributed by atoms with van der Waals surface area (Å²) in [5.41, 5.74) is 1.20. The second kappa shape index (κ2) is 8.73. The first-order chi connectivity index (χ1) is 14.2. The molecule has 0 aliphatic rings. The Bertz CT molecular complexity index is 1010. The summed E-state index contributed by atoms with van der Waals surface area (Å²) in [7, 11) is 1.55. The number of hydrogen-bond acceptors (Lipinski definition) is 4. The molecule has 0 radical (unpaired) electrons. The first kappa shape index (κ1) is 21.6. The summed E-state index contributed by atoms with van der Waals surface area (Å²) in [5.74, 6) is 0.668. The van der Waals surface area contributed by atoms with Crippen LogP contribution in [-0.2, 0) is 6.18 Å². The molecule has 0 spiro atoms. The maximum atomic E-state index is 12.9. The van der Waals surface area contributed by atoms with Crippen LogP contribution in [0.2, 0.25) is 0 Å². The van der Waals surface area contributed by atoms with E-state index in [2.05, 4.69) is 5.10 Å². The number of rotatable bonds is 6. The van der Waals surface area contributed by atoms with Crippen molar-refractivity contribution >= 4 is 0 Å². The molecule has 0 aliphatic heterocycles.